The van der Waals surface area contributed by atoms with Crippen molar-refractivity contribution in [3.8, 4) is 16.6 Å². The smallest absolute Gasteiger partial charge is 0.229 e. The lowest BCUT2D eigenvalue weighted by Crippen LogP contribution is -1.87. The SMILES string of the molecule is Cn1cc(O)nc1-c1cncs1. The molecule has 0 unspecified atom stereocenters. The minimum atomic E-state index is 0.0425. The molecular weight excluding hydrogens is 174 g/mol. The zero-order valence-electron chi connectivity index (χ0n) is 6.43. The van der Waals surface area contributed by atoms with Gasteiger partial charge in [-0.1, -0.05) is 0 Å². The van der Waals surface area contributed by atoms with E-state index in [9.17, 15) is 0 Å². The summed E-state index contributed by atoms with van der Waals surface area (Å²) in [5.41, 5.74) is 1.74. The molecule has 2 aromatic heterocycles. The van der Waals surface area contributed by atoms with E-state index in [1.165, 1.54) is 11.3 Å². The molecular formula is C7H7N3OS. The van der Waals surface area contributed by atoms with E-state index in [4.69, 9.17) is 5.11 Å². The van der Waals surface area contributed by atoms with Crippen LogP contribution in [0.1, 0.15) is 0 Å². The third-order valence-corrected chi connectivity index (χ3v) is 2.29. The lowest BCUT2D eigenvalue weighted by atomic mass is 10.5. The molecule has 0 aliphatic rings. The third kappa shape index (κ3) is 1.08. The largest absolute Gasteiger partial charge is 0.492 e. The van der Waals surface area contributed by atoms with Crippen LogP contribution in [0, 0.1) is 0 Å². The highest BCUT2D eigenvalue weighted by Crippen LogP contribution is 2.23. The first-order valence-electron chi connectivity index (χ1n) is 3.38. The van der Waals surface area contributed by atoms with Gasteiger partial charge in [-0.05, 0) is 0 Å². The Hall–Kier alpha value is -1.36. The van der Waals surface area contributed by atoms with Crippen LogP contribution in [0.3, 0.4) is 0 Å². The highest BCUT2D eigenvalue weighted by Gasteiger charge is 2.07. The van der Waals surface area contributed by atoms with E-state index < -0.39 is 0 Å². The number of rotatable bonds is 1. The van der Waals surface area contributed by atoms with Crippen LogP contribution in [-0.4, -0.2) is 19.6 Å². The molecule has 0 aromatic carbocycles. The number of aryl methyl sites for hydroxylation is 1. The van der Waals surface area contributed by atoms with Crippen molar-refractivity contribution in [2.24, 2.45) is 7.05 Å². The summed E-state index contributed by atoms with van der Waals surface area (Å²) >= 11 is 1.50. The van der Waals surface area contributed by atoms with Gasteiger partial charge in [0, 0.05) is 13.2 Å². The molecule has 5 heteroatoms. The molecule has 1 N–H and O–H groups in total. The van der Waals surface area contributed by atoms with Crippen LogP contribution in [0.5, 0.6) is 5.88 Å². The van der Waals surface area contributed by atoms with E-state index in [1.807, 2.05) is 7.05 Å². The first-order valence-corrected chi connectivity index (χ1v) is 4.26. The first kappa shape index (κ1) is 7.30. The Morgan fingerprint density at radius 3 is 2.92 bits per heavy atom. The van der Waals surface area contributed by atoms with Gasteiger partial charge in [0.1, 0.15) is 0 Å². The molecule has 4 nitrogen and oxygen atoms in total. The van der Waals surface area contributed by atoms with E-state index in [0.29, 0.717) is 0 Å². The molecule has 0 atom stereocenters. The summed E-state index contributed by atoms with van der Waals surface area (Å²) in [6.45, 7) is 0. The number of hydrogen-bond acceptors (Lipinski definition) is 4. The van der Waals surface area contributed by atoms with Gasteiger partial charge < -0.3 is 9.67 Å². The van der Waals surface area contributed by atoms with Gasteiger partial charge in [0.15, 0.2) is 5.82 Å². The fourth-order valence-electron chi connectivity index (χ4n) is 1.01. The minimum absolute atomic E-state index is 0.0425. The van der Waals surface area contributed by atoms with Gasteiger partial charge in [0.05, 0.1) is 16.6 Å². The number of thiazole rings is 1. The van der Waals surface area contributed by atoms with Crippen LogP contribution < -0.4 is 0 Å². The monoisotopic (exact) mass is 181 g/mol. The standard InChI is InChI=1S/C7H7N3OS/c1-10-3-6(11)9-7(10)5-2-8-4-12-5/h2-4,11H,1H3. The molecule has 0 aliphatic heterocycles. The van der Waals surface area contributed by atoms with Crippen LogP contribution in [0.2, 0.25) is 0 Å². The predicted molar refractivity (Wildman–Crippen MR) is 46.0 cm³/mol. The van der Waals surface area contributed by atoms with E-state index >= 15 is 0 Å². The third-order valence-electron chi connectivity index (χ3n) is 1.52. The molecule has 12 heavy (non-hydrogen) atoms. The molecule has 0 spiro atoms. The summed E-state index contributed by atoms with van der Waals surface area (Å²) in [5.74, 6) is 0.788. The van der Waals surface area contributed by atoms with Gasteiger partial charge in [-0.2, -0.15) is 4.98 Å². The van der Waals surface area contributed by atoms with Crippen LogP contribution in [0.4, 0.5) is 0 Å². The maximum absolute atomic E-state index is 9.08. The molecule has 0 radical (unpaired) electrons. The number of aromatic nitrogens is 3. The highest BCUT2D eigenvalue weighted by molar-refractivity contribution is 7.13. The zero-order chi connectivity index (χ0) is 8.55. The van der Waals surface area contributed by atoms with Gasteiger partial charge in [0.25, 0.3) is 0 Å². The fraction of sp³-hybridized carbons (Fsp3) is 0.143. The zero-order valence-corrected chi connectivity index (χ0v) is 7.25. The van der Waals surface area contributed by atoms with Gasteiger partial charge in [-0.15, -0.1) is 11.3 Å². The number of hydrogen-bond donors (Lipinski definition) is 1. The summed E-state index contributed by atoms with van der Waals surface area (Å²) < 4.78 is 1.77. The van der Waals surface area contributed by atoms with Crippen LogP contribution in [-0.2, 0) is 7.05 Å². The van der Waals surface area contributed by atoms with Gasteiger partial charge >= 0.3 is 0 Å². The summed E-state index contributed by atoms with van der Waals surface area (Å²) in [5, 5.41) is 9.08. The fourth-order valence-corrected chi connectivity index (χ4v) is 1.66. The number of imidazole rings is 1. The van der Waals surface area contributed by atoms with Crippen molar-refractivity contribution in [1.29, 1.82) is 0 Å². The van der Waals surface area contributed by atoms with Gasteiger partial charge in [-0.3, -0.25) is 4.98 Å². The lowest BCUT2D eigenvalue weighted by molar-refractivity contribution is 0.456. The predicted octanol–water partition coefficient (Wildman–Crippen LogP) is 1.25. The Balaban J connectivity index is 2.54. The summed E-state index contributed by atoms with van der Waals surface area (Å²) in [6, 6.07) is 0. The maximum atomic E-state index is 9.08. The molecule has 62 valence electrons. The van der Waals surface area contributed by atoms with Crippen LogP contribution in [0.25, 0.3) is 10.7 Å². The van der Waals surface area contributed by atoms with Crippen molar-refractivity contribution in [1.82, 2.24) is 14.5 Å². The van der Waals surface area contributed by atoms with E-state index in [1.54, 1.807) is 22.5 Å². The Bertz CT molecular complexity index is 379. The first-order chi connectivity index (χ1) is 5.77. The van der Waals surface area contributed by atoms with Crippen molar-refractivity contribution >= 4 is 11.3 Å². The van der Waals surface area contributed by atoms with E-state index in [-0.39, 0.29) is 5.88 Å². The van der Waals surface area contributed by atoms with Crippen molar-refractivity contribution in [3.05, 3.63) is 17.9 Å². The van der Waals surface area contributed by atoms with Crippen molar-refractivity contribution in [3.63, 3.8) is 0 Å². The molecule has 2 rings (SSSR count). The van der Waals surface area contributed by atoms with Gasteiger partial charge in [0.2, 0.25) is 5.88 Å². The topological polar surface area (TPSA) is 50.9 Å². The average Bonchev–Trinajstić information content (AvgIpc) is 2.58. The Morgan fingerprint density at radius 2 is 2.42 bits per heavy atom. The van der Waals surface area contributed by atoms with Crippen molar-refractivity contribution < 1.29 is 5.11 Å². The molecule has 0 saturated carbocycles. The van der Waals surface area contributed by atoms with Gasteiger partial charge in [-0.25, -0.2) is 0 Å². The Labute approximate surface area is 73.1 Å². The quantitative estimate of drug-likeness (QED) is 0.720. The molecule has 0 saturated heterocycles. The van der Waals surface area contributed by atoms with Crippen LogP contribution >= 0.6 is 11.3 Å². The molecule has 0 aliphatic carbocycles. The lowest BCUT2D eigenvalue weighted by Gasteiger charge is -1.93. The normalized spacial score (nSPS) is 10.4. The molecule has 0 amide bonds. The summed E-state index contributed by atoms with van der Waals surface area (Å²) in [6.07, 6.45) is 3.29. The highest BCUT2D eigenvalue weighted by atomic mass is 32.1. The average molecular weight is 181 g/mol. The molecule has 2 heterocycles. The summed E-state index contributed by atoms with van der Waals surface area (Å²) in [7, 11) is 1.84. The number of nitrogens with zero attached hydrogens (tertiary/aromatic N) is 3. The van der Waals surface area contributed by atoms with E-state index in [0.717, 1.165) is 10.7 Å². The Kier molecular flexibility index (Phi) is 1.58. The second kappa shape index (κ2) is 2.60. The second-order valence-electron chi connectivity index (χ2n) is 2.40. The molecule has 0 bridgehead atoms. The van der Waals surface area contributed by atoms with Crippen LogP contribution in [0.15, 0.2) is 17.9 Å². The maximum Gasteiger partial charge on any atom is 0.229 e. The molecule has 0 fully saturated rings. The van der Waals surface area contributed by atoms with Crippen molar-refractivity contribution in [2.45, 2.75) is 0 Å². The minimum Gasteiger partial charge on any atom is -0.492 e. The second-order valence-corrected chi connectivity index (χ2v) is 3.29. The number of aromatic hydroxyl groups is 1. The summed E-state index contributed by atoms with van der Waals surface area (Å²) in [4.78, 5) is 8.83. The van der Waals surface area contributed by atoms with Crippen molar-refractivity contribution in [2.75, 3.05) is 0 Å². The van der Waals surface area contributed by atoms with E-state index in [2.05, 4.69) is 9.97 Å². The molecule has 2 aromatic rings. The Morgan fingerprint density at radius 1 is 1.58 bits per heavy atom.